The molecule has 0 amide bonds. The summed E-state index contributed by atoms with van der Waals surface area (Å²) in [5, 5.41) is 20.5. The predicted octanol–water partition coefficient (Wildman–Crippen LogP) is 0.166. The molecule has 0 aliphatic heterocycles. The van der Waals surface area contributed by atoms with Gasteiger partial charge in [0.15, 0.2) is 0 Å². The van der Waals surface area contributed by atoms with E-state index in [-0.39, 0.29) is 40.6 Å². The molecule has 0 unspecified atom stereocenters. The molecule has 0 spiro atoms. The van der Waals surface area contributed by atoms with Crippen molar-refractivity contribution in [1.29, 1.82) is 0 Å². The molecule has 1 N–H and O–H groups in total. The minimum atomic E-state index is -0.899. The molecule has 8 heteroatoms. The molecule has 0 bridgehead atoms. The van der Waals surface area contributed by atoms with Crippen molar-refractivity contribution in [2.24, 2.45) is 7.05 Å². The van der Waals surface area contributed by atoms with Crippen molar-refractivity contribution in [2.45, 2.75) is 0 Å². The van der Waals surface area contributed by atoms with Gasteiger partial charge in [-0.2, -0.15) is 0 Å². The summed E-state index contributed by atoms with van der Waals surface area (Å²) in [4.78, 5) is 25.2. The molecule has 2 aromatic heterocycles. The fourth-order valence-electron chi connectivity index (χ4n) is 1.50. The van der Waals surface area contributed by atoms with E-state index in [4.69, 9.17) is 0 Å². The van der Waals surface area contributed by atoms with Crippen LogP contribution in [0.5, 0.6) is 5.75 Å². The number of nitrogens with zero attached hydrogens (tertiary/aromatic N) is 3. The first-order chi connectivity index (χ1) is 7.54. The summed E-state index contributed by atoms with van der Waals surface area (Å²) in [6, 6.07) is 2.99. The second kappa shape index (κ2) is 4.82. The van der Waals surface area contributed by atoms with Crippen molar-refractivity contribution in [3.8, 4) is 5.75 Å². The van der Waals surface area contributed by atoms with E-state index in [1.54, 1.807) is 0 Å². The van der Waals surface area contributed by atoms with Crippen LogP contribution >= 0.6 is 0 Å². The van der Waals surface area contributed by atoms with Gasteiger partial charge in [0, 0.05) is 42.8 Å². The Kier molecular flexibility index (Phi) is 3.87. The van der Waals surface area contributed by atoms with Crippen LogP contribution in [0.1, 0.15) is 0 Å². The van der Waals surface area contributed by atoms with Gasteiger partial charge in [0.2, 0.25) is 5.75 Å². The second-order valence-electron chi connectivity index (χ2n) is 3.19. The summed E-state index contributed by atoms with van der Waals surface area (Å²) >= 11 is 0. The van der Waals surface area contributed by atoms with Gasteiger partial charge >= 0.3 is 11.2 Å². The van der Waals surface area contributed by atoms with Crippen LogP contribution in [-0.4, -0.2) is 49.1 Å². The number of fused-ring (bicyclic) bond motifs is 1. The summed E-state index contributed by atoms with van der Waals surface area (Å²) in [5.41, 5.74) is -1.51. The largest absolute Gasteiger partial charge is 0.501 e. The molecule has 0 saturated heterocycles. The topological polar surface area (TPSA) is 98.3 Å². The van der Waals surface area contributed by atoms with E-state index < -0.39 is 21.9 Å². The average Bonchev–Trinajstić information content (AvgIpc) is 2.26. The Morgan fingerprint density at radius 3 is 2.76 bits per heavy atom. The fraction of sp³-hybridized carbons (Fsp3) is 0.111. The van der Waals surface area contributed by atoms with E-state index in [1.807, 2.05) is 0 Å². The Balaban J connectivity index is 0.00000144. The van der Waals surface area contributed by atoms with E-state index in [0.717, 1.165) is 4.57 Å². The number of rotatable bonds is 1. The van der Waals surface area contributed by atoms with Crippen molar-refractivity contribution in [3.05, 3.63) is 38.8 Å². The first kappa shape index (κ1) is 13.6. The number of aromatic hydroxyl groups is 1. The second-order valence-corrected chi connectivity index (χ2v) is 3.19. The van der Waals surface area contributed by atoms with E-state index >= 15 is 0 Å². The molecular formula is C9H7N3NaO4. The Hall–Kier alpha value is -1.44. The molecule has 0 fully saturated rings. The standard InChI is InChI=1S/C9H7N3O4.Na/c1-11-8-5(3-2-4-10-8)7(13)6(9(11)14)12(15)16;/h2-4,13H,1H3;. The zero-order valence-electron chi connectivity index (χ0n) is 9.25. The molecule has 0 atom stereocenters. The Morgan fingerprint density at radius 1 is 1.53 bits per heavy atom. The van der Waals surface area contributed by atoms with Gasteiger partial charge in [-0.25, -0.2) is 4.98 Å². The van der Waals surface area contributed by atoms with Crippen molar-refractivity contribution in [2.75, 3.05) is 0 Å². The molecule has 0 aliphatic rings. The molecule has 2 aromatic rings. The van der Waals surface area contributed by atoms with Gasteiger partial charge in [0.25, 0.3) is 0 Å². The van der Waals surface area contributed by atoms with Crippen LogP contribution in [0.15, 0.2) is 23.1 Å². The van der Waals surface area contributed by atoms with Crippen molar-refractivity contribution in [1.82, 2.24) is 9.55 Å². The first-order valence-electron chi connectivity index (χ1n) is 4.35. The van der Waals surface area contributed by atoms with Crippen LogP contribution < -0.4 is 5.56 Å². The van der Waals surface area contributed by atoms with Gasteiger partial charge in [-0.05, 0) is 12.1 Å². The van der Waals surface area contributed by atoms with Crippen LogP contribution in [-0.2, 0) is 7.05 Å². The van der Waals surface area contributed by atoms with Crippen LogP contribution in [0.3, 0.4) is 0 Å². The molecular weight excluding hydrogens is 237 g/mol. The smallest absolute Gasteiger partial charge is 0.375 e. The van der Waals surface area contributed by atoms with E-state index in [9.17, 15) is 20.0 Å². The number of aryl methyl sites for hydroxylation is 1. The zero-order chi connectivity index (χ0) is 11.9. The third-order valence-electron chi connectivity index (χ3n) is 2.27. The van der Waals surface area contributed by atoms with E-state index in [1.165, 1.54) is 25.4 Å². The Bertz CT molecular complexity index is 652. The summed E-state index contributed by atoms with van der Waals surface area (Å²) in [6.07, 6.45) is 1.44. The number of aromatic nitrogens is 2. The molecule has 17 heavy (non-hydrogen) atoms. The first-order valence-corrected chi connectivity index (χ1v) is 4.35. The Labute approximate surface area is 117 Å². The SMILES string of the molecule is Cn1c(=O)c([N+](=O)[O-])c(O)c2cccnc21.[Na]. The molecule has 83 valence electrons. The number of nitro groups is 1. The van der Waals surface area contributed by atoms with E-state index in [2.05, 4.69) is 4.98 Å². The third kappa shape index (κ3) is 2.04. The van der Waals surface area contributed by atoms with Gasteiger partial charge in [0.05, 0.1) is 10.3 Å². The third-order valence-corrected chi connectivity index (χ3v) is 2.27. The minimum Gasteiger partial charge on any atom is -0.501 e. The van der Waals surface area contributed by atoms with Gasteiger partial charge in [0.1, 0.15) is 5.65 Å². The zero-order valence-corrected chi connectivity index (χ0v) is 11.2. The molecule has 7 nitrogen and oxygen atoms in total. The number of hydrogen-bond acceptors (Lipinski definition) is 5. The quantitative estimate of drug-likeness (QED) is 0.438. The van der Waals surface area contributed by atoms with Gasteiger partial charge in [-0.15, -0.1) is 0 Å². The van der Waals surface area contributed by atoms with Crippen molar-refractivity contribution < 1.29 is 10.0 Å². The number of hydrogen-bond donors (Lipinski definition) is 1. The molecule has 1 radical (unpaired) electrons. The van der Waals surface area contributed by atoms with Crippen LogP contribution in [0.25, 0.3) is 11.0 Å². The molecule has 0 saturated carbocycles. The summed E-state index contributed by atoms with van der Waals surface area (Å²) in [6.45, 7) is 0. The fourth-order valence-corrected chi connectivity index (χ4v) is 1.50. The molecule has 2 heterocycles. The van der Waals surface area contributed by atoms with Gasteiger partial charge < -0.3 is 5.11 Å². The molecule has 0 aromatic carbocycles. The van der Waals surface area contributed by atoms with E-state index in [0.29, 0.717) is 0 Å². The number of pyridine rings is 2. The summed E-state index contributed by atoms with van der Waals surface area (Å²) in [7, 11) is 1.37. The average molecular weight is 244 g/mol. The van der Waals surface area contributed by atoms with Crippen LogP contribution in [0, 0.1) is 10.1 Å². The minimum absolute atomic E-state index is 0. The molecule has 0 aliphatic carbocycles. The maximum Gasteiger partial charge on any atom is 0.375 e. The summed E-state index contributed by atoms with van der Waals surface area (Å²) < 4.78 is 1.03. The normalized spacial score (nSPS) is 9.94. The maximum absolute atomic E-state index is 11.6. The van der Waals surface area contributed by atoms with Crippen LogP contribution in [0.4, 0.5) is 5.69 Å². The van der Waals surface area contributed by atoms with Gasteiger partial charge in [-0.3, -0.25) is 19.5 Å². The molecule has 2 rings (SSSR count). The predicted molar refractivity (Wildman–Crippen MR) is 61.1 cm³/mol. The maximum atomic E-state index is 11.6. The summed E-state index contributed by atoms with van der Waals surface area (Å²) in [5.74, 6) is -0.642. The van der Waals surface area contributed by atoms with Crippen LogP contribution in [0.2, 0.25) is 0 Å². The monoisotopic (exact) mass is 244 g/mol. The van der Waals surface area contributed by atoms with Crippen molar-refractivity contribution >= 4 is 46.3 Å². The van der Waals surface area contributed by atoms with Crippen molar-refractivity contribution in [3.63, 3.8) is 0 Å². The van der Waals surface area contributed by atoms with Gasteiger partial charge in [-0.1, -0.05) is 0 Å². The Morgan fingerprint density at radius 2 is 2.18 bits per heavy atom.